The molecule has 0 saturated carbocycles. The van der Waals surface area contributed by atoms with Crippen molar-refractivity contribution in [1.29, 1.82) is 0 Å². The topological polar surface area (TPSA) is 114 Å². The summed E-state index contributed by atoms with van der Waals surface area (Å²) < 4.78 is 8.57. The average Bonchev–Trinajstić information content (AvgIpc) is 3.16. The van der Waals surface area contributed by atoms with Gasteiger partial charge in [0.05, 0.1) is 6.54 Å². The molecule has 2 heterocycles. The van der Waals surface area contributed by atoms with E-state index in [0.717, 1.165) is 25.7 Å². The normalized spacial score (nSPS) is 13.2. The molecule has 10 heteroatoms. The maximum atomic E-state index is 12.6. The quantitative estimate of drug-likeness (QED) is 0.369. The van der Waals surface area contributed by atoms with Gasteiger partial charge in [0.1, 0.15) is 18.5 Å². The molecule has 0 bridgehead atoms. The molecule has 0 saturated heterocycles. The summed E-state index contributed by atoms with van der Waals surface area (Å²) in [5.74, 6) is 1.48. The van der Waals surface area contributed by atoms with Crippen LogP contribution in [0.25, 0.3) is 11.2 Å². The number of aliphatic hydroxyl groups is 1. The van der Waals surface area contributed by atoms with Gasteiger partial charge in [-0.3, -0.25) is 14.3 Å². The molecule has 3 aromatic rings. The molecule has 0 radical (unpaired) electrons. The Labute approximate surface area is 197 Å². The molecule has 0 amide bonds. The van der Waals surface area contributed by atoms with Crippen LogP contribution in [0.3, 0.4) is 0 Å². The number of aliphatic hydroxyl groups excluding tert-OH is 1. The third kappa shape index (κ3) is 6.17. The van der Waals surface area contributed by atoms with Crippen molar-refractivity contribution < 1.29 is 9.84 Å². The molecule has 3 rings (SSSR count). The Balaban J connectivity index is 1.84. The van der Waals surface area contributed by atoms with Crippen LogP contribution in [0.15, 0.2) is 33.9 Å². The summed E-state index contributed by atoms with van der Waals surface area (Å²) >= 11 is 5.89. The number of unbranched alkanes of at least 4 members (excludes halogenated alkanes) is 1. The van der Waals surface area contributed by atoms with Gasteiger partial charge in [-0.1, -0.05) is 44.7 Å². The summed E-state index contributed by atoms with van der Waals surface area (Å²) in [4.78, 5) is 31.5. The Hall–Kier alpha value is -2.78. The lowest BCUT2D eigenvalue weighted by molar-refractivity contribution is 0.0938. The Bertz CT molecular complexity index is 1170. The van der Waals surface area contributed by atoms with Crippen molar-refractivity contribution in [2.45, 2.75) is 52.2 Å². The van der Waals surface area contributed by atoms with Crippen LogP contribution in [0.5, 0.6) is 5.75 Å². The van der Waals surface area contributed by atoms with E-state index in [0.29, 0.717) is 29.2 Å². The molecule has 0 aliphatic rings. The largest absolute Gasteiger partial charge is 0.491 e. The summed E-state index contributed by atoms with van der Waals surface area (Å²) in [6.45, 7) is 5.08. The first-order valence-corrected chi connectivity index (χ1v) is 11.7. The molecule has 2 atom stereocenters. The lowest BCUT2D eigenvalue weighted by Gasteiger charge is -2.18. The summed E-state index contributed by atoms with van der Waals surface area (Å²) in [6.07, 6.45) is 3.47. The summed E-state index contributed by atoms with van der Waals surface area (Å²) in [7, 11) is 1.55. The fraction of sp³-hybridized carbons (Fsp3) is 0.522. The second-order valence-corrected chi connectivity index (χ2v) is 8.69. The Kier molecular flexibility index (Phi) is 8.57. The highest BCUT2D eigenvalue weighted by Gasteiger charge is 2.20. The second-order valence-electron chi connectivity index (χ2n) is 8.25. The number of anilines is 1. The third-order valence-electron chi connectivity index (χ3n) is 5.75. The maximum Gasteiger partial charge on any atom is 0.329 e. The van der Waals surface area contributed by atoms with Gasteiger partial charge in [-0.15, -0.1) is 0 Å². The van der Waals surface area contributed by atoms with E-state index in [-0.39, 0.29) is 24.3 Å². The molecular formula is C23H32ClN5O4. The molecule has 0 unspecified atom stereocenters. The number of halogens is 1. The van der Waals surface area contributed by atoms with Crippen LogP contribution in [-0.4, -0.2) is 43.5 Å². The maximum absolute atomic E-state index is 12.6. The molecule has 0 fully saturated rings. The smallest absolute Gasteiger partial charge is 0.329 e. The van der Waals surface area contributed by atoms with Gasteiger partial charge in [0.25, 0.3) is 5.56 Å². The van der Waals surface area contributed by atoms with Crippen molar-refractivity contribution in [3.05, 3.63) is 50.1 Å². The minimum Gasteiger partial charge on any atom is -0.491 e. The lowest BCUT2D eigenvalue weighted by Crippen LogP contribution is -2.31. The van der Waals surface area contributed by atoms with E-state index >= 15 is 0 Å². The van der Waals surface area contributed by atoms with Gasteiger partial charge in [0.2, 0.25) is 5.95 Å². The first kappa shape index (κ1) is 24.9. The van der Waals surface area contributed by atoms with E-state index in [9.17, 15) is 14.7 Å². The molecular weight excluding hydrogens is 446 g/mol. The van der Waals surface area contributed by atoms with Gasteiger partial charge < -0.3 is 19.7 Å². The minimum absolute atomic E-state index is 0.0124. The zero-order valence-corrected chi connectivity index (χ0v) is 20.1. The highest BCUT2D eigenvalue weighted by atomic mass is 35.5. The van der Waals surface area contributed by atoms with Crippen molar-refractivity contribution in [3.8, 4) is 5.75 Å². The van der Waals surface area contributed by atoms with Gasteiger partial charge in [0, 0.05) is 18.6 Å². The van der Waals surface area contributed by atoms with Gasteiger partial charge >= 0.3 is 5.69 Å². The van der Waals surface area contributed by atoms with Gasteiger partial charge in [-0.25, -0.2) is 4.79 Å². The summed E-state index contributed by atoms with van der Waals surface area (Å²) in [6, 6.07) is 6.85. The molecule has 0 aliphatic heterocycles. The number of aromatic nitrogens is 4. The van der Waals surface area contributed by atoms with Crippen LogP contribution < -0.4 is 21.3 Å². The zero-order valence-electron chi connectivity index (χ0n) is 19.3. The molecule has 2 aromatic heterocycles. The lowest BCUT2D eigenvalue weighted by atomic mass is 9.99. The Morgan fingerprint density at radius 1 is 1.24 bits per heavy atom. The van der Waals surface area contributed by atoms with Crippen LogP contribution in [0.4, 0.5) is 5.95 Å². The van der Waals surface area contributed by atoms with E-state index in [4.69, 9.17) is 16.3 Å². The average molecular weight is 478 g/mol. The van der Waals surface area contributed by atoms with Crippen LogP contribution in [0, 0.1) is 5.92 Å². The second kappa shape index (κ2) is 11.4. The number of nitrogens with zero attached hydrogens (tertiary/aromatic N) is 3. The molecule has 0 spiro atoms. The van der Waals surface area contributed by atoms with E-state index in [2.05, 4.69) is 29.1 Å². The number of rotatable bonds is 12. The van der Waals surface area contributed by atoms with Crippen LogP contribution in [0.2, 0.25) is 5.02 Å². The SMILES string of the molecule is CCCC[C@H](CC)CNc1nc2c(c(=O)[nH]c(=O)n2C)n1C[C@H](O)COc1ccc(Cl)cc1. The number of H-pyrrole nitrogens is 1. The molecule has 33 heavy (non-hydrogen) atoms. The number of fused-ring (bicyclic) bond motifs is 1. The van der Waals surface area contributed by atoms with E-state index in [1.807, 2.05) is 0 Å². The molecule has 3 N–H and O–H groups in total. The van der Waals surface area contributed by atoms with Crippen molar-refractivity contribution in [2.75, 3.05) is 18.5 Å². The highest BCUT2D eigenvalue weighted by Crippen LogP contribution is 2.20. The highest BCUT2D eigenvalue weighted by molar-refractivity contribution is 6.30. The number of hydrogen-bond acceptors (Lipinski definition) is 6. The van der Waals surface area contributed by atoms with Gasteiger partial charge in [0.15, 0.2) is 11.2 Å². The number of ether oxygens (including phenoxy) is 1. The predicted octanol–water partition coefficient (Wildman–Crippen LogP) is 3.14. The number of benzene rings is 1. The molecule has 9 nitrogen and oxygen atoms in total. The minimum atomic E-state index is -0.919. The third-order valence-corrected chi connectivity index (χ3v) is 6.00. The summed E-state index contributed by atoms with van der Waals surface area (Å²) in [5.41, 5.74) is -0.590. The zero-order chi connectivity index (χ0) is 24.0. The van der Waals surface area contributed by atoms with Crippen molar-refractivity contribution in [2.24, 2.45) is 13.0 Å². The van der Waals surface area contributed by atoms with Crippen molar-refractivity contribution in [1.82, 2.24) is 19.1 Å². The number of imidazole rings is 1. The first-order valence-electron chi connectivity index (χ1n) is 11.3. The number of aryl methyl sites for hydroxylation is 1. The monoisotopic (exact) mass is 477 g/mol. The number of aromatic amines is 1. The Morgan fingerprint density at radius 3 is 2.64 bits per heavy atom. The predicted molar refractivity (Wildman–Crippen MR) is 130 cm³/mol. The van der Waals surface area contributed by atoms with Gasteiger partial charge in [-0.2, -0.15) is 4.98 Å². The van der Waals surface area contributed by atoms with E-state index in [1.54, 1.807) is 35.9 Å². The van der Waals surface area contributed by atoms with Crippen molar-refractivity contribution >= 4 is 28.7 Å². The molecule has 180 valence electrons. The van der Waals surface area contributed by atoms with Crippen LogP contribution in [0.1, 0.15) is 39.5 Å². The first-order chi connectivity index (χ1) is 15.8. The van der Waals surface area contributed by atoms with Crippen LogP contribution in [-0.2, 0) is 13.6 Å². The van der Waals surface area contributed by atoms with Crippen molar-refractivity contribution in [3.63, 3.8) is 0 Å². The van der Waals surface area contributed by atoms with Crippen LogP contribution >= 0.6 is 11.6 Å². The fourth-order valence-corrected chi connectivity index (χ4v) is 3.84. The van der Waals surface area contributed by atoms with Gasteiger partial charge in [-0.05, 0) is 36.6 Å². The van der Waals surface area contributed by atoms with E-state index < -0.39 is 17.4 Å². The number of nitrogens with one attached hydrogen (secondary N) is 2. The Morgan fingerprint density at radius 2 is 1.97 bits per heavy atom. The molecule has 1 aromatic carbocycles. The fourth-order valence-electron chi connectivity index (χ4n) is 3.71. The number of hydrogen-bond donors (Lipinski definition) is 3. The molecule has 0 aliphatic carbocycles. The summed E-state index contributed by atoms with van der Waals surface area (Å²) in [5, 5.41) is 14.6. The van der Waals surface area contributed by atoms with E-state index in [1.165, 1.54) is 4.57 Å². The standard InChI is InChI=1S/C23H32ClN5O4/c1-4-6-7-15(5-2)12-25-22-26-20-19(21(31)27-23(32)28(20)3)29(22)13-17(30)14-33-18-10-8-16(24)9-11-18/h8-11,15,17,30H,4-7,12-14H2,1-3H3,(H,25,26)(H,27,31,32)/t15-,17-/m0/s1.